The molecule has 0 N–H and O–H groups in total. The van der Waals surface area contributed by atoms with E-state index in [4.69, 9.17) is 14.8 Å². The molecule has 0 fully saturated rings. The predicted octanol–water partition coefficient (Wildman–Crippen LogP) is 5.24. The highest BCUT2D eigenvalue weighted by atomic mass is 19.1. The van der Waals surface area contributed by atoms with E-state index in [0.29, 0.717) is 23.6 Å². The molecule has 1 unspecified atom stereocenters. The summed E-state index contributed by atoms with van der Waals surface area (Å²) >= 11 is 0. The molecule has 0 radical (unpaired) electrons. The third-order valence-corrected chi connectivity index (χ3v) is 7.39. The van der Waals surface area contributed by atoms with Crippen molar-refractivity contribution in [1.82, 2.24) is 24.3 Å². The third kappa shape index (κ3) is 5.59. The van der Waals surface area contributed by atoms with Crippen LogP contribution < -0.4 is 10.3 Å². The molecule has 216 valence electrons. The zero-order valence-electron chi connectivity index (χ0n) is 23.9. The average Bonchev–Trinajstić information content (AvgIpc) is 3.62. The van der Waals surface area contributed by atoms with Gasteiger partial charge in [-0.1, -0.05) is 42.5 Å². The van der Waals surface area contributed by atoms with Crippen LogP contribution >= 0.6 is 0 Å². The fourth-order valence-corrected chi connectivity index (χ4v) is 5.24. The maximum absolute atomic E-state index is 14.0. The standard InChI is InChI=1S/C33H29FN6O3/c1-21-17-22(2)39(36-21)33-35-28(23-7-5-4-6-8-23)19-31(41)38(33)20-32(42)40-30(25-9-13-26(34)14-10-25)18-29(37-40)24-11-15-27(43-3)16-12-24/h4-17,19,30H,18,20H2,1-3H3. The summed E-state index contributed by atoms with van der Waals surface area (Å²) in [6, 6.07) is 25.6. The van der Waals surface area contributed by atoms with E-state index in [9.17, 15) is 14.0 Å². The van der Waals surface area contributed by atoms with Crippen molar-refractivity contribution in [3.05, 3.63) is 130 Å². The highest BCUT2D eigenvalue weighted by Gasteiger charge is 2.34. The third-order valence-electron chi connectivity index (χ3n) is 7.39. The van der Waals surface area contributed by atoms with E-state index in [1.807, 2.05) is 74.5 Å². The van der Waals surface area contributed by atoms with Crippen LogP contribution in [-0.2, 0) is 11.3 Å². The van der Waals surface area contributed by atoms with Crippen LogP contribution in [0.2, 0.25) is 0 Å². The van der Waals surface area contributed by atoms with Gasteiger partial charge in [-0.25, -0.2) is 19.1 Å². The molecule has 2 aromatic heterocycles. The SMILES string of the molecule is COc1ccc(C2=NN(C(=O)Cn3c(-n4nc(C)cc4C)nc(-c4ccccc4)cc3=O)C(c3ccc(F)cc3)C2)cc1. The lowest BCUT2D eigenvalue weighted by Crippen LogP contribution is -2.36. The molecule has 0 saturated carbocycles. The lowest BCUT2D eigenvalue weighted by atomic mass is 9.98. The first kappa shape index (κ1) is 27.8. The van der Waals surface area contributed by atoms with Crippen LogP contribution in [0.5, 0.6) is 5.75 Å². The zero-order chi connectivity index (χ0) is 30.1. The van der Waals surface area contributed by atoms with Crippen molar-refractivity contribution in [2.75, 3.05) is 7.11 Å². The summed E-state index contributed by atoms with van der Waals surface area (Å²) in [6.07, 6.45) is 0.411. The molecule has 5 aromatic rings. The Morgan fingerprint density at radius 1 is 0.953 bits per heavy atom. The van der Waals surface area contributed by atoms with Crippen molar-refractivity contribution in [3.8, 4) is 23.0 Å². The van der Waals surface area contributed by atoms with Gasteiger partial charge in [0.05, 0.1) is 30.3 Å². The van der Waals surface area contributed by atoms with Gasteiger partial charge in [0.1, 0.15) is 18.1 Å². The largest absolute Gasteiger partial charge is 0.497 e. The molecule has 0 aliphatic carbocycles. The minimum atomic E-state index is -0.491. The van der Waals surface area contributed by atoms with Crippen LogP contribution in [0.15, 0.2) is 101 Å². The number of ether oxygens (including phenoxy) is 1. The quantitative estimate of drug-likeness (QED) is 0.264. The summed E-state index contributed by atoms with van der Waals surface area (Å²) in [7, 11) is 1.59. The van der Waals surface area contributed by atoms with Crippen LogP contribution in [0, 0.1) is 19.7 Å². The summed E-state index contributed by atoms with van der Waals surface area (Å²) < 4.78 is 22.0. The summed E-state index contributed by atoms with van der Waals surface area (Å²) in [5, 5.41) is 10.7. The summed E-state index contributed by atoms with van der Waals surface area (Å²) in [6.45, 7) is 3.39. The number of hydrazone groups is 1. The molecular weight excluding hydrogens is 547 g/mol. The summed E-state index contributed by atoms with van der Waals surface area (Å²) in [4.78, 5) is 32.5. The van der Waals surface area contributed by atoms with Gasteiger partial charge in [0.2, 0.25) is 5.95 Å². The van der Waals surface area contributed by atoms with E-state index >= 15 is 0 Å². The second-order valence-electron chi connectivity index (χ2n) is 10.4. The molecule has 0 spiro atoms. The Hall–Kier alpha value is -5.38. The van der Waals surface area contributed by atoms with Gasteiger partial charge in [0, 0.05) is 23.7 Å². The maximum Gasteiger partial charge on any atom is 0.263 e. The number of halogens is 1. The first-order valence-corrected chi connectivity index (χ1v) is 13.8. The molecular formula is C33H29FN6O3. The van der Waals surface area contributed by atoms with Gasteiger partial charge in [-0.05, 0) is 67.4 Å². The molecule has 10 heteroatoms. The number of methoxy groups -OCH3 is 1. The topological polar surface area (TPSA) is 94.6 Å². The van der Waals surface area contributed by atoms with Gasteiger partial charge >= 0.3 is 0 Å². The first-order chi connectivity index (χ1) is 20.8. The Bertz CT molecular complexity index is 1880. The van der Waals surface area contributed by atoms with E-state index in [-0.39, 0.29) is 18.3 Å². The van der Waals surface area contributed by atoms with Crippen molar-refractivity contribution in [3.63, 3.8) is 0 Å². The molecule has 3 aromatic carbocycles. The number of aromatic nitrogens is 4. The normalized spacial score (nSPS) is 14.6. The van der Waals surface area contributed by atoms with Gasteiger partial charge in [0.25, 0.3) is 11.5 Å². The minimum absolute atomic E-state index is 0.224. The van der Waals surface area contributed by atoms with Crippen molar-refractivity contribution < 1.29 is 13.9 Å². The van der Waals surface area contributed by atoms with E-state index in [2.05, 4.69) is 5.10 Å². The smallest absolute Gasteiger partial charge is 0.263 e. The highest BCUT2D eigenvalue weighted by molar-refractivity contribution is 6.03. The number of carbonyl (C=O) groups is 1. The monoisotopic (exact) mass is 576 g/mol. The van der Waals surface area contributed by atoms with E-state index in [1.54, 1.807) is 23.9 Å². The lowest BCUT2D eigenvalue weighted by Gasteiger charge is -2.23. The van der Waals surface area contributed by atoms with Crippen LogP contribution in [0.4, 0.5) is 4.39 Å². The van der Waals surface area contributed by atoms with E-state index in [1.165, 1.54) is 27.8 Å². The van der Waals surface area contributed by atoms with Gasteiger partial charge in [-0.2, -0.15) is 10.2 Å². The Kier molecular flexibility index (Phi) is 7.41. The second-order valence-corrected chi connectivity index (χ2v) is 10.4. The first-order valence-electron chi connectivity index (χ1n) is 13.8. The van der Waals surface area contributed by atoms with Gasteiger partial charge in [-0.15, -0.1) is 0 Å². The van der Waals surface area contributed by atoms with Crippen LogP contribution in [-0.4, -0.2) is 43.1 Å². The molecule has 3 heterocycles. The molecule has 0 bridgehead atoms. The average molecular weight is 577 g/mol. The number of nitrogens with zero attached hydrogens (tertiary/aromatic N) is 6. The van der Waals surface area contributed by atoms with Gasteiger partial charge < -0.3 is 4.74 Å². The number of benzene rings is 3. The number of amides is 1. The van der Waals surface area contributed by atoms with Crippen molar-refractivity contribution in [1.29, 1.82) is 0 Å². The zero-order valence-corrected chi connectivity index (χ0v) is 23.9. The van der Waals surface area contributed by atoms with Crippen molar-refractivity contribution in [2.24, 2.45) is 5.10 Å². The number of hydrogen-bond acceptors (Lipinski definition) is 6. The van der Waals surface area contributed by atoms with E-state index < -0.39 is 17.5 Å². The minimum Gasteiger partial charge on any atom is -0.497 e. The summed E-state index contributed by atoms with van der Waals surface area (Å²) in [5.41, 5.74) is 4.60. The number of rotatable bonds is 7. The Labute approximate surface area is 247 Å². The van der Waals surface area contributed by atoms with E-state index in [0.717, 1.165) is 28.1 Å². The van der Waals surface area contributed by atoms with Crippen LogP contribution in [0.1, 0.15) is 35.0 Å². The fraction of sp³-hybridized carbons (Fsp3) is 0.182. The lowest BCUT2D eigenvalue weighted by molar-refractivity contribution is -0.133. The molecule has 1 amide bonds. The molecule has 1 aliphatic heterocycles. The Balaban J connectivity index is 1.41. The van der Waals surface area contributed by atoms with Crippen molar-refractivity contribution in [2.45, 2.75) is 32.9 Å². The molecule has 1 aliphatic rings. The summed E-state index contributed by atoms with van der Waals surface area (Å²) in [5.74, 6) is 0.133. The predicted molar refractivity (Wildman–Crippen MR) is 161 cm³/mol. The van der Waals surface area contributed by atoms with Crippen LogP contribution in [0.3, 0.4) is 0 Å². The highest BCUT2D eigenvalue weighted by Crippen LogP contribution is 2.33. The maximum atomic E-state index is 14.0. The number of aryl methyl sites for hydroxylation is 2. The van der Waals surface area contributed by atoms with Crippen LogP contribution in [0.25, 0.3) is 17.2 Å². The van der Waals surface area contributed by atoms with Crippen molar-refractivity contribution >= 4 is 11.6 Å². The Morgan fingerprint density at radius 2 is 1.67 bits per heavy atom. The molecule has 0 saturated heterocycles. The Morgan fingerprint density at radius 3 is 2.33 bits per heavy atom. The number of carbonyl (C=O) groups excluding carboxylic acids is 1. The van der Waals surface area contributed by atoms with Gasteiger partial charge in [-0.3, -0.25) is 14.2 Å². The second kappa shape index (κ2) is 11.5. The molecule has 6 rings (SSSR count). The number of hydrogen-bond donors (Lipinski definition) is 0. The van der Waals surface area contributed by atoms with Gasteiger partial charge in [0.15, 0.2) is 0 Å². The fourth-order valence-electron chi connectivity index (χ4n) is 5.24. The molecule has 43 heavy (non-hydrogen) atoms. The molecule has 1 atom stereocenters. The molecule has 9 nitrogen and oxygen atoms in total.